The highest BCUT2D eigenvalue weighted by Crippen LogP contribution is 2.18. The second-order valence-corrected chi connectivity index (χ2v) is 36.2. The lowest BCUT2D eigenvalue weighted by Gasteiger charge is -2.29. The average molecular weight is 1970 g/mol. The number of rotatable bonds is 73. The Morgan fingerprint density at radius 1 is 0.279 bits per heavy atom. The summed E-state index contributed by atoms with van der Waals surface area (Å²) in [6, 6.07) is 4.46. The van der Waals surface area contributed by atoms with Crippen LogP contribution in [0.15, 0.2) is 91.0 Å². The summed E-state index contributed by atoms with van der Waals surface area (Å²) in [7, 11) is 0. The third-order valence-electron chi connectivity index (χ3n) is 23.1. The van der Waals surface area contributed by atoms with Crippen molar-refractivity contribution in [2.75, 3.05) is 52.4 Å². The van der Waals surface area contributed by atoms with E-state index in [0.717, 1.165) is 0 Å². The molecular formula is C95H160N28O17. The largest absolute Gasteiger partial charge is 0.481 e. The van der Waals surface area contributed by atoms with Gasteiger partial charge in [-0.25, -0.2) is 0 Å². The number of hydrogen-bond donors (Lipinski definition) is 29. The Kier molecular flexibility index (Phi) is 59.5. The first kappa shape index (κ1) is 122. The molecule has 15 atom stereocenters. The maximum Gasteiger partial charge on any atom is 0.305 e. The van der Waals surface area contributed by atoms with E-state index in [4.69, 9.17) is 68.2 Å². The molecule has 45 nitrogen and oxygen atoms in total. The van der Waals surface area contributed by atoms with Crippen molar-refractivity contribution in [2.45, 2.75) is 306 Å². The summed E-state index contributed by atoms with van der Waals surface area (Å²) in [4.78, 5) is 231. The maximum atomic E-state index is 15.5. The number of carboxylic acid groups (broad SMARTS) is 1. The van der Waals surface area contributed by atoms with Crippen molar-refractivity contribution >= 4 is 106 Å². The van der Waals surface area contributed by atoms with Crippen LogP contribution in [0, 0.1) is 28.6 Å². The van der Waals surface area contributed by atoms with Crippen molar-refractivity contribution in [1.29, 1.82) is 10.8 Å². The first-order valence-electron chi connectivity index (χ1n) is 48.7. The van der Waals surface area contributed by atoms with E-state index in [9.17, 15) is 48.3 Å². The van der Waals surface area contributed by atoms with Crippen LogP contribution in [0.25, 0.3) is 0 Å². The molecule has 0 unspecified atom stereocenters. The van der Waals surface area contributed by atoms with Gasteiger partial charge < -0.3 is 148 Å². The zero-order valence-electron chi connectivity index (χ0n) is 82.1. The second-order valence-electron chi connectivity index (χ2n) is 36.2. The molecule has 0 fully saturated rings. The highest BCUT2D eigenvalue weighted by molar-refractivity contribution is 6.01. The summed E-state index contributed by atoms with van der Waals surface area (Å²) < 4.78 is 0. The molecule has 0 saturated carbocycles. The minimum Gasteiger partial charge on any atom is -0.481 e. The Balaban J connectivity index is 2.16. The molecule has 0 bridgehead atoms. The molecule has 0 heterocycles. The number of unbranched alkanes of at least 4 members (excludes halogenated alkanes) is 6. The Morgan fingerprint density at radius 2 is 0.493 bits per heavy atom. The number of nitrogens with two attached hydrogens (primary N) is 10. The van der Waals surface area contributed by atoms with Gasteiger partial charge in [0, 0.05) is 32.4 Å². The Labute approximate surface area is 821 Å². The number of carbonyl (C=O) groups excluding carboxylic acids is 15. The van der Waals surface area contributed by atoms with E-state index >= 15 is 33.6 Å². The second kappa shape index (κ2) is 68.5. The van der Waals surface area contributed by atoms with Gasteiger partial charge in [-0.15, -0.1) is 0 Å². The molecule has 0 aliphatic carbocycles. The molecule has 39 N–H and O–H groups in total. The summed E-state index contributed by atoms with van der Waals surface area (Å²) in [5.74, 6) is -16.5. The Hall–Kier alpha value is -12.6. The van der Waals surface area contributed by atoms with Gasteiger partial charge >= 0.3 is 5.97 Å². The summed E-state index contributed by atoms with van der Waals surface area (Å²) in [5.41, 5.74) is 60.1. The van der Waals surface area contributed by atoms with Gasteiger partial charge in [0.15, 0.2) is 11.9 Å². The summed E-state index contributed by atoms with van der Waals surface area (Å²) in [6.07, 6.45) is 2.24. The van der Waals surface area contributed by atoms with Gasteiger partial charge in [0.2, 0.25) is 88.6 Å². The lowest BCUT2D eigenvalue weighted by atomic mass is 10.00. The number of carboxylic acids is 1. The molecule has 0 aliphatic rings. The minimum atomic E-state index is -1.75. The standard InChI is InChI=1S/C95H160N28O17/c1-57(2)52-71(88(135)114-63(36-16-22-44-96)80(127)111-67(40-20-26-48-100)86(133)122-75(56-76(124)125)92(139)123-78(59(5)6)79(103)126)118-84(131)65(38-18-24-46-98)112-83(130)69(42-28-50-108-94(104)105)116-90(137)73(54-61-32-12-8-13-33-61)121-91(138)74(55-62-34-14-9-15-35-62)120-85(132)66(39-19-25-47-99)110-81(128)64(37-17-23-45-97)115-89(136)72(53-60-30-10-7-11-31-60)119-87(134)70(43-29-51-109-95(106)107)113-82(129)68(41-21-27-49-101)117-93(140)77(102)58(3)4/h7-15,30-35,57-59,63-75,77-78H,16-29,36-56,96-102H2,1-6H3,(H2,103,126)(H,110,128)(H,111,127)(H,112,130)(H,113,129)(H,114,135)(H,115,136)(H,116,137)(H,117,140)(H,118,131)(H,119,134)(H,120,132)(H,121,138)(H,122,133)(H,123,139)(H,124,125)(H4,104,105,108)(H4,106,107,109)/t63-,64-,65-,66-,67-,68-,69-,70-,71-,72-,73-,74-,75-,77-,78-/m0/s1. The number of amides is 15. The van der Waals surface area contributed by atoms with Crippen LogP contribution >= 0.6 is 0 Å². The van der Waals surface area contributed by atoms with Crippen molar-refractivity contribution in [1.82, 2.24) is 85.1 Å². The summed E-state index contributed by atoms with van der Waals surface area (Å²) >= 11 is 0. The van der Waals surface area contributed by atoms with E-state index < -0.39 is 204 Å². The van der Waals surface area contributed by atoms with Crippen LogP contribution in [-0.2, 0) is 96.0 Å². The molecule has 15 amide bonds. The van der Waals surface area contributed by atoms with Crippen molar-refractivity contribution in [2.24, 2.45) is 75.1 Å². The molecule has 0 spiro atoms. The predicted molar refractivity (Wildman–Crippen MR) is 532 cm³/mol. The zero-order valence-corrected chi connectivity index (χ0v) is 82.1. The van der Waals surface area contributed by atoms with Gasteiger partial charge in [-0.3, -0.25) is 87.5 Å². The van der Waals surface area contributed by atoms with E-state index in [1.807, 2.05) is 0 Å². The number of guanidine groups is 2. The highest BCUT2D eigenvalue weighted by atomic mass is 16.4. The van der Waals surface area contributed by atoms with E-state index in [1.165, 1.54) is 0 Å². The van der Waals surface area contributed by atoms with E-state index in [1.54, 1.807) is 133 Å². The van der Waals surface area contributed by atoms with Crippen molar-refractivity contribution < 1.29 is 81.8 Å². The minimum absolute atomic E-state index is 0.00330. The van der Waals surface area contributed by atoms with Gasteiger partial charge in [0.05, 0.1) is 12.5 Å². The number of carbonyl (C=O) groups is 16. The molecule has 0 saturated heterocycles. The first-order chi connectivity index (χ1) is 66.7. The molecule has 3 aromatic carbocycles. The Morgan fingerprint density at radius 3 is 0.714 bits per heavy atom. The quantitative estimate of drug-likeness (QED) is 0.0148. The maximum absolute atomic E-state index is 15.5. The van der Waals surface area contributed by atoms with Gasteiger partial charge in [-0.2, -0.15) is 0 Å². The molecule has 0 aromatic heterocycles. The molecule has 3 aromatic rings. The number of hydrogen-bond acceptors (Lipinski definition) is 25. The fourth-order valence-corrected chi connectivity index (χ4v) is 15.1. The fourth-order valence-electron chi connectivity index (χ4n) is 15.1. The predicted octanol–water partition coefficient (Wildman–Crippen LogP) is -3.55. The number of aliphatic carboxylic acids is 1. The van der Waals surface area contributed by atoms with Crippen LogP contribution in [-0.4, -0.2) is 255 Å². The molecule has 3 rings (SSSR count). The van der Waals surface area contributed by atoms with Crippen LogP contribution < -0.4 is 142 Å². The molecular weight excluding hydrogens is 1810 g/mol. The first-order valence-corrected chi connectivity index (χ1v) is 48.7. The summed E-state index contributed by atoms with van der Waals surface area (Å²) in [6.45, 7) is 11.5. The lowest BCUT2D eigenvalue weighted by Crippen LogP contribution is -2.61. The monoisotopic (exact) mass is 1970 g/mol. The van der Waals surface area contributed by atoms with Crippen LogP contribution in [0.2, 0.25) is 0 Å². The molecule has 0 aliphatic heterocycles. The summed E-state index contributed by atoms with van der Waals surface area (Å²) in [5, 5.41) is 68.9. The Bertz CT molecular complexity index is 4350. The van der Waals surface area contributed by atoms with Gasteiger partial charge in [-0.05, 0) is 221 Å². The van der Waals surface area contributed by atoms with E-state index in [-0.39, 0.29) is 186 Å². The molecule has 782 valence electrons. The van der Waals surface area contributed by atoms with Crippen LogP contribution in [0.5, 0.6) is 0 Å². The zero-order chi connectivity index (χ0) is 104. The van der Waals surface area contributed by atoms with E-state index in [0.29, 0.717) is 68.2 Å². The molecule has 0 radical (unpaired) electrons. The topological polar surface area (TPSA) is 794 Å². The lowest BCUT2D eigenvalue weighted by molar-refractivity contribution is -0.141. The van der Waals surface area contributed by atoms with Gasteiger partial charge in [-0.1, -0.05) is 133 Å². The number of primary amides is 1. The molecule has 140 heavy (non-hydrogen) atoms. The third-order valence-corrected chi connectivity index (χ3v) is 23.1. The highest BCUT2D eigenvalue weighted by Gasteiger charge is 2.40. The van der Waals surface area contributed by atoms with E-state index in [2.05, 4.69) is 85.1 Å². The van der Waals surface area contributed by atoms with Crippen molar-refractivity contribution in [3.05, 3.63) is 108 Å². The fraction of sp³-hybridized carbons (Fsp3) is 0.621. The van der Waals surface area contributed by atoms with Crippen LogP contribution in [0.4, 0.5) is 0 Å². The SMILES string of the molecule is CC(C)C[C@H](NC(=O)[C@H](CCCCN)NC(=O)[C@H](CCCNC(=N)N)NC(=O)[C@H](Cc1ccccc1)NC(=O)[C@H](Cc1ccccc1)NC(=O)[C@H](CCCCN)NC(=O)[C@H](CCCCN)NC(=O)[C@H](Cc1ccccc1)NC(=O)[C@H](CCCNC(=N)N)NC(=O)[C@H](CCCCN)NC(=O)[C@@H](N)C(C)C)C(=O)N[C@@H](CCCCN)C(=O)N[C@@H](CCCCN)C(=O)N[C@@H](CC(=O)O)C(=O)N[C@H](C(N)=O)C(C)C. The van der Waals surface area contributed by atoms with Gasteiger partial charge in [0.1, 0.15) is 84.6 Å². The van der Waals surface area contributed by atoms with Gasteiger partial charge in [0.25, 0.3) is 0 Å². The van der Waals surface area contributed by atoms with Crippen LogP contribution in [0.1, 0.15) is 212 Å². The van der Waals surface area contributed by atoms with Crippen LogP contribution in [0.3, 0.4) is 0 Å². The van der Waals surface area contributed by atoms with Crippen molar-refractivity contribution in [3.63, 3.8) is 0 Å². The molecule has 45 heteroatoms. The number of benzene rings is 3. The smallest absolute Gasteiger partial charge is 0.305 e. The third kappa shape index (κ3) is 48.8. The number of nitrogens with one attached hydrogen (secondary N) is 18. The van der Waals surface area contributed by atoms with Crippen molar-refractivity contribution in [3.8, 4) is 0 Å². The average Bonchev–Trinajstić information content (AvgIpc) is 0.854. The normalized spacial score (nSPS) is 14.4.